The average molecular weight is 247 g/mol. The molecule has 0 aromatic heterocycles. The number of hydrogen-bond acceptors (Lipinski definition) is 1. The summed E-state index contributed by atoms with van der Waals surface area (Å²) in [5, 5.41) is 3.55. The first-order valence-electron chi connectivity index (χ1n) is 7.11. The SMILES string of the molecule is Cc1cc(C)c(CCCCNC(C)(C)C)c(C)c1. The monoisotopic (exact) mass is 247 g/mol. The molecule has 0 unspecified atom stereocenters. The highest BCUT2D eigenvalue weighted by molar-refractivity contribution is 5.37. The van der Waals surface area contributed by atoms with Gasteiger partial charge in [-0.2, -0.15) is 0 Å². The Labute approximate surface area is 113 Å². The molecule has 1 heteroatoms. The molecular formula is C17H29N. The molecule has 0 atom stereocenters. The van der Waals surface area contributed by atoms with Gasteiger partial charge < -0.3 is 5.32 Å². The van der Waals surface area contributed by atoms with E-state index in [9.17, 15) is 0 Å². The number of hydrogen-bond donors (Lipinski definition) is 1. The van der Waals surface area contributed by atoms with E-state index in [1.165, 1.54) is 36.0 Å². The van der Waals surface area contributed by atoms with Crippen molar-refractivity contribution in [2.75, 3.05) is 6.54 Å². The van der Waals surface area contributed by atoms with Crippen molar-refractivity contribution in [2.24, 2.45) is 0 Å². The lowest BCUT2D eigenvalue weighted by Crippen LogP contribution is -2.36. The van der Waals surface area contributed by atoms with E-state index in [1.807, 2.05) is 0 Å². The Morgan fingerprint density at radius 3 is 2.00 bits per heavy atom. The number of nitrogens with one attached hydrogen (secondary N) is 1. The van der Waals surface area contributed by atoms with Crippen LogP contribution in [0.4, 0.5) is 0 Å². The zero-order chi connectivity index (χ0) is 13.8. The molecule has 1 aromatic rings. The van der Waals surface area contributed by atoms with Crippen LogP contribution in [0, 0.1) is 20.8 Å². The highest BCUT2D eigenvalue weighted by Crippen LogP contribution is 2.18. The zero-order valence-electron chi connectivity index (χ0n) is 13.0. The van der Waals surface area contributed by atoms with Crippen LogP contribution < -0.4 is 5.32 Å². The van der Waals surface area contributed by atoms with E-state index < -0.39 is 0 Å². The summed E-state index contributed by atoms with van der Waals surface area (Å²) >= 11 is 0. The van der Waals surface area contributed by atoms with Crippen LogP contribution >= 0.6 is 0 Å². The number of unbranched alkanes of at least 4 members (excludes halogenated alkanes) is 1. The predicted octanol–water partition coefficient (Wildman–Crippen LogP) is 4.32. The minimum absolute atomic E-state index is 0.246. The third-order valence-corrected chi connectivity index (χ3v) is 3.35. The van der Waals surface area contributed by atoms with Crippen LogP contribution in [0.15, 0.2) is 12.1 Å². The molecule has 102 valence electrons. The molecular weight excluding hydrogens is 218 g/mol. The van der Waals surface area contributed by atoms with Gasteiger partial charge in [0.2, 0.25) is 0 Å². The van der Waals surface area contributed by atoms with Crippen molar-refractivity contribution in [2.45, 2.75) is 66.3 Å². The lowest BCUT2D eigenvalue weighted by Gasteiger charge is -2.20. The fourth-order valence-electron chi connectivity index (χ4n) is 2.49. The Kier molecular flexibility index (Phi) is 5.40. The molecule has 0 aliphatic heterocycles. The molecule has 0 fully saturated rings. The Morgan fingerprint density at radius 2 is 1.50 bits per heavy atom. The summed E-state index contributed by atoms with van der Waals surface area (Å²) in [6.45, 7) is 14.4. The van der Waals surface area contributed by atoms with Gasteiger partial charge in [-0.1, -0.05) is 17.7 Å². The standard InChI is InChI=1S/C17H29N/c1-13-11-14(2)16(15(3)12-13)9-7-8-10-18-17(4,5)6/h11-12,18H,7-10H2,1-6H3. The average Bonchev–Trinajstić information content (AvgIpc) is 2.19. The van der Waals surface area contributed by atoms with Crippen molar-refractivity contribution in [3.63, 3.8) is 0 Å². The minimum Gasteiger partial charge on any atom is -0.312 e. The summed E-state index contributed by atoms with van der Waals surface area (Å²) in [5.41, 5.74) is 6.09. The van der Waals surface area contributed by atoms with Crippen LogP contribution in [0.1, 0.15) is 55.9 Å². The number of aryl methyl sites for hydroxylation is 3. The maximum atomic E-state index is 3.55. The second kappa shape index (κ2) is 6.38. The third-order valence-electron chi connectivity index (χ3n) is 3.35. The fourth-order valence-corrected chi connectivity index (χ4v) is 2.49. The van der Waals surface area contributed by atoms with Gasteiger partial charge in [-0.25, -0.2) is 0 Å². The van der Waals surface area contributed by atoms with E-state index in [0.717, 1.165) is 6.54 Å². The van der Waals surface area contributed by atoms with Crippen molar-refractivity contribution in [1.82, 2.24) is 5.32 Å². The Morgan fingerprint density at radius 1 is 0.944 bits per heavy atom. The molecule has 0 saturated carbocycles. The van der Waals surface area contributed by atoms with Gasteiger partial charge in [0.1, 0.15) is 0 Å². The Bertz CT molecular complexity index is 362. The molecule has 18 heavy (non-hydrogen) atoms. The first-order valence-corrected chi connectivity index (χ1v) is 7.11. The van der Waals surface area contributed by atoms with Gasteiger partial charge in [0, 0.05) is 5.54 Å². The van der Waals surface area contributed by atoms with E-state index in [4.69, 9.17) is 0 Å². The van der Waals surface area contributed by atoms with Crippen molar-refractivity contribution in [3.8, 4) is 0 Å². The molecule has 0 radical (unpaired) electrons. The first-order chi connectivity index (χ1) is 8.29. The van der Waals surface area contributed by atoms with E-state index in [2.05, 4.69) is 59.0 Å². The van der Waals surface area contributed by atoms with Gasteiger partial charge in [0.05, 0.1) is 0 Å². The molecule has 1 N–H and O–H groups in total. The van der Waals surface area contributed by atoms with E-state index in [-0.39, 0.29) is 5.54 Å². The molecule has 1 rings (SSSR count). The summed E-state index contributed by atoms with van der Waals surface area (Å²) < 4.78 is 0. The summed E-state index contributed by atoms with van der Waals surface area (Å²) in [7, 11) is 0. The Balaban J connectivity index is 2.41. The normalized spacial score (nSPS) is 11.9. The van der Waals surface area contributed by atoms with Gasteiger partial charge in [-0.05, 0) is 84.0 Å². The maximum absolute atomic E-state index is 3.55. The second-order valence-corrected chi connectivity index (χ2v) is 6.51. The maximum Gasteiger partial charge on any atom is 0.00965 e. The smallest absolute Gasteiger partial charge is 0.00965 e. The van der Waals surface area contributed by atoms with Crippen LogP contribution in [0.3, 0.4) is 0 Å². The molecule has 0 aliphatic rings. The summed E-state index contributed by atoms with van der Waals surface area (Å²) in [4.78, 5) is 0. The lowest BCUT2D eigenvalue weighted by molar-refractivity contribution is 0.419. The second-order valence-electron chi connectivity index (χ2n) is 6.51. The topological polar surface area (TPSA) is 12.0 Å². The molecule has 0 aliphatic carbocycles. The van der Waals surface area contributed by atoms with Crippen LogP contribution in [-0.2, 0) is 6.42 Å². The van der Waals surface area contributed by atoms with Gasteiger partial charge in [-0.3, -0.25) is 0 Å². The van der Waals surface area contributed by atoms with E-state index >= 15 is 0 Å². The molecule has 0 bridgehead atoms. The van der Waals surface area contributed by atoms with Gasteiger partial charge in [-0.15, -0.1) is 0 Å². The van der Waals surface area contributed by atoms with Crippen molar-refractivity contribution in [1.29, 1.82) is 0 Å². The Hall–Kier alpha value is -0.820. The molecule has 1 aromatic carbocycles. The van der Waals surface area contributed by atoms with Crippen LogP contribution in [-0.4, -0.2) is 12.1 Å². The van der Waals surface area contributed by atoms with Gasteiger partial charge in [0.15, 0.2) is 0 Å². The lowest BCUT2D eigenvalue weighted by atomic mass is 9.95. The summed E-state index contributed by atoms with van der Waals surface area (Å²) in [5.74, 6) is 0. The fraction of sp³-hybridized carbons (Fsp3) is 0.647. The van der Waals surface area contributed by atoms with Gasteiger partial charge >= 0.3 is 0 Å². The molecule has 0 heterocycles. The number of rotatable bonds is 5. The third kappa shape index (κ3) is 5.22. The van der Waals surface area contributed by atoms with Crippen molar-refractivity contribution >= 4 is 0 Å². The summed E-state index contributed by atoms with van der Waals surface area (Å²) in [6.07, 6.45) is 3.74. The van der Waals surface area contributed by atoms with Crippen molar-refractivity contribution in [3.05, 3.63) is 34.4 Å². The molecule has 1 nitrogen and oxygen atoms in total. The van der Waals surface area contributed by atoms with Crippen LogP contribution in [0.5, 0.6) is 0 Å². The highest BCUT2D eigenvalue weighted by Gasteiger charge is 2.08. The largest absolute Gasteiger partial charge is 0.312 e. The minimum atomic E-state index is 0.246. The van der Waals surface area contributed by atoms with E-state index in [1.54, 1.807) is 5.56 Å². The molecule has 0 spiro atoms. The quantitative estimate of drug-likeness (QED) is 0.764. The zero-order valence-corrected chi connectivity index (χ0v) is 13.0. The highest BCUT2D eigenvalue weighted by atomic mass is 14.9. The van der Waals surface area contributed by atoms with Crippen LogP contribution in [0.25, 0.3) is 0 Å². The molecule has 0 saturated heterocycles. The van der Waals surface area contributed by atoms with E-state index in [0.29, 0.717) is 0 Å². The summed E-state index contributed by atoms with van der Waals surface area (Å²) in [6, 6.07) is 4.60. The number of benzene rings is 1. The van der Waals surface area contributed by atoms with Crippen LogP contribution in [0.2, 0.25) is 0 Å². The predicted molar refractivity (Wildman–Crippen MR) is 81.3 cm³/mol. The van der Waals surface area contributed by atoms with Crippen molar-refractivity contribution < 1.29 is 0 Å². The first kappa shape index (κ1) is 15.2. The van der Waals surface area contributed by atoms with Gasteiger partial charge in [0.25, 0.3) is 0 Å². The molecule has 0 amide bonds.